The molecule has 5 rings (SSSR count). The number of para-hydroxylation sites is 2. The van der Waals surface area contributed by atoms with E-state index in [1.54, 1.807) is 42.9 Å². The average Bonchev–Trinajstić information content (AvgIpc) is 3.77. The molecule has 1 aliphatic carbocycles. The van der Waals surface area contributed by atoms with Gasteiger partial charge >= 0.3 is 5.97 Å². The van der Waals surface area contributed by atoms with Crippen molar-refractivity contribution in [3.8, 4) is 22.9 Å². The number of thiophene rings is 1. The van der Waals surface area contributed by atoms with Crippen molar-refractivity contribution >= 4 is 45.9 Å². The number of fused-ring (bicyclic) bond motifs is 1. The van der Waals surface area contributed by atoms with Crippen molar-refractivity contribution in [1.29, 1.82) is 0 Å². The summed E-state index contributed by atoms with van der Waals surface area (Å²) < 4.78 is 23.2. The summed E-state index contributed by atoms with van der Waals surface area (Å²) in [5, 5.41) is 15.4. The number of anilines is 1. The Bertz CT molecular complexity index is 1700. The summed E-state index contributed by atoms with van der Waals surface area (Å²) in [7, 11) is 4.58. The van der Waals surface area contributed by atoms with Gasteiger partial charge in [-0.2, -0.15) is 0 Å². The van der Waals surface area contributed by atoms with E-state index in [9.17, 15) is 14.4 Å². The Kier molecular flexibility index (Phi) is 10.2. The number of aryl methyl sites for hydroxylation is 1. The number of nitrogens with one attached hydrogen (secondary N) is 2. The van der Waals surface area contributed by atoms with Crippen LogP contribution < -0.4 is 24.8 Å². The van der Waals surface area contributed by atoms with Gasteiger partial charge in [0, 0.05) is 16.5 Å². The molecule has 2 amide bonds. The van der Waals surface area contributed by atoms with E-state index in [2.05, 4.69) is 20.8 Å². The molecule has 2 heterocycles. The van der Waals surface area contributed by atoms with Gasteiger partial charge in [-0.25, -0.2) is 4.79 Å². The predicted octanol–water partition coefficient (Wildman–Crippen LogP) is 4.68. The maximum Gasteiger partial charge on any atom is 0.341 e. The van der Waals surface area contributed by atoms with Crippen LogP contribution in [-0.2, 0) is 28.9 Å². The van der Waals surface area contributed by atoms with Gasteiger partial charge in [-0.1, -0.05) is 23.9 Å². The fourth-order valence-electron chi connectivity index (χ4n) is 4.97. The van der Waals surface area contributed by atoms with Crippen LogP contribution in [-0.4, -0.2) is 66.2 Å². The fraction of sp³-hybridized carbons (Fsp3) is 0.323. The van der Waals surface area contributed by atoms with E-state index in [4.69, 9.17) is 18.9 Å². The lowest BCUT2D eigenvalue weighted by molar-refractivity contribution is -0.113. The molecule has 0 radical (unpaired) electrons. The quantitative estimate of drug-likeness (QED) is 0.155. The lowest BCUT2D eigenvalue weighted by atomic mass is 10.1. The van der Waals surface area contributed by atoms with Crippen molar-refractivity contribution in [3.63, 3.8) is 0 Å². The molecular formula is C31H33N5O7S2. The standard InChI is InChI=1S/C31H33N5O7S2/c1-5-43-30(39)27-21-9-8-12-24(21)45-29(27)33-26(37)17-44-31-35-34-25(36(31)22-10-6-7-11-23(22)42-4)16-32-28(38)18-13-19(40-2)15-20(14-18)41-3/h6-7,10-11,13-15H,5,8-9,12,16-17H2,1-4H3,(H,32,38)(H,33,37). The zero-order valence-corrected chi connectivity index (χ0v) is 26.9. The van der Waals surface area contributed by atoms with Crippen molar-refractivity contribution in [2.24, 2.45) is 0 Å². The summed E-state index contributed by atoms with van der Waals surface area (Å²) in [5.74, 6) is 0.845. The Morgan fingerprint density at radius 3 is 2.47 bits per heavy atom. The van der Waals surface area contributed by atoms with Gasteiger partial charge in [-0.05, 0) is 56.0 Å². The third kappa shape index (κ3) is 7.07. The third-order valence-corrected chi connectivity index (χ3v) is 9.17. The molecule has 0 saturated heterocycles. The van der Waals surface area contributed by atoms with Gasteiger partial charge in [-0.3, -0.25) is 14.2 Å². The lowest BCUT2D eigenvalue weighted by Crippen LogP contribution is -2.25. The Morgan fingerprint density at radius 1 is 1.00 bits per heavy atom. The molecule has 0 aliphatic heterocycles. The van der Waals surface area contributed by atoms with Crippen LogP contribution in [0.3, 0.4) is 0 Å². The van der Waals surface area contributed by atoms with Gasteiger partial charge < -0.3 is 29.6 Å². The third-order valence-electron chi connectivity index (χ3n) is 7.03. The highest BCUT2D eigenvalue weighted by molar-refractivity contribution is 7.99. The number of hydrogen-bond donors (Lipinski definition) is 2. The molecule has 0 fully saturated rings. The van der Waals surface area contributed by atoms with Crippen LogP contribution in [0.15, 0.2) is 47.6 Å². The van der Waals surface area contributed by atoms with Gasteiger partial charge in [0.2, 0.25) is 5.91 Å². The van der Waals surface area contributed by atoms with Crippen LogP contribution in [0.2, 0.25) is 0 Å². The van der Waals surface area contributed by atoms with Crippen molar-refractivity contribution in [2.45, 2.75) is 37.9 Å². The number of esters is 1. The zero-order chi connectivity index (χ0) is 31.9. The minimum absolute atomic E-state index is 0.00587. The van der Waals surface area contributed by atoms with Crippen molar-refractivity contribution < 1.29 is 33.3 Å². The Balaban J connectivity index is 1.35. The van der Waals surface area contributed by atoms with E-state index < -0.39 is 5.97 Å². The molecule has 0 spiro atoms. The fourth-order valence-corrected chi connectivity index (χ4v) is 7.03. The second-order valence-electron chi connectivity index (χ2n) is 9.81. The van der Waals surface area contributed by atoms with Crippen molar-refractivity contribution in [3.05, 3.63) is 69.9 Å². The van der Waals surface area contributed by atoms with Crippen LogP contribution in [0.5, 0.6) is 17.2 Å². The molecule has 2 N–H and O–H groups in total. The van der Waals surface area contributed by atoms with Crippen molar-refractivity contribution in [2.75, 3.05) is 39.0 Å². The number of carbonyl (C=O) groups excluding carboxylic acids is 3. The highest BCUT2D eigenvalue weighted by Crippen LogP contribution is 2.40. The molecule has 14 heteroatoms. The van der Waals surface area contributed by atoms with Crippen molar-refractivity contribution in [1.82, 2.24) is 20.1 Å². The average molecular weight is 652 g/mol. The number of benzene rings is 2. The summed E-state index contributed by atoms with van der Waals surface area (Å²) in [5.41, 5.74) is 2.41. The molecule has 1 aliphatic rings. The van der Waals surface area contributed by atoms with Crippen LogP contribution >= 0.6 is 23.1 Å². The topological polar surface area (TPSA) is 143 Å². The van der Waals surface area contributed by atoms with E-state index >= 15 is 0 Å². The normalized spacial score (nSPS) is 11.9. The summed E-state index contributed by atoms with van der Waals surface area (Å²) in [4.78, 5) is 40.1. The molecule has 0 atom stereocenters. The largest absolute Gasteiger partial charge is 0.497 e. The van der Waals surface area contributed by atoms with E-state index in [0.29, 0.717) is 50.0 Å². The zero-order valence-electron chi connectivity index (χ0n) is 25.3. The summed E-state index contributed by atoms with van der Waals surface area (Å²) in [6, 6.07) is 12.2. The highest BCUT2D eigenvalue weighted by atomic mass is 32.2. The molecule has 12 nitrogen and oxygen atoms in total. The maximum atomic E-state index is 13.2. The van der Waals surface area contributed by atoms with Crippen LogP contribution in [0.4, 0.5) is 5.00 Å². The predicted molar refractivity (Wildman–Crippen MR) is 170 cm³/mol. The van der Waals surface area contributed by atoms with E-state index in [1.807, 2.05) is 18.2 Å². The number of rotatable bonds is 13. The van der Waals surface area contributed by atoms with Crippen LogP contribution in [0.25, 0.3) is 5.69 Å². The number of amides is 2. The first kappa shape index (κ1) is 31.9. The maximum absolute atomic E-state index is 13.2. The summed E-state index contributed by atoms with van der Waals surface area (Å²) >= 11 is 2.60. The second-order valence-corrected chi connectivity index (χ2v) is 11.9. The molecule has 2 aromatic heterocycles. The first-order chi connectivity index (χ1) is 21.9. The van der Waals surface area contributed by atoms with E-state index in [-0.39, 0.29) is 30.7 Å². The molecule has 0 bridgehead atoms. The van der Waals surface area contributed by atoms with E-state index in [1.165, 1.54) is 37.3 Å². The molecule has 45 heavy (non-hydrogen) atoms. The van der Waals surface area contributed by atoms with Gasteiger partial charge in [0.05, 0.1) is 51.5 Å². The monoisotopic (exact) mass is 651 g/mol. The number of aromatic nitrogens is 3. The Morgan fingerprint density at radius 2 is 1.76 bits per heavy atom. The van der Waals surface area contributed by atoms with E-state index in [0.717, 1.165) is 29.7 Å². The van der Waals surface area contributed by atoms with Crippen LogP contribution in [0, 0.1) is 0 Å². The first-order valence-corrected chi connectivity index (χ1v) is 16.0. The minimum atomic E-state index is -0.421. The van der Waals surface area contributed by atoms with Gasteiger partial charge in [0.25, 0.3) is 5.91 Å². The summed E-state index contributed by atoms with van der Waals surface area (Å²) in [6.07, 6.45) is 2.65. The molecule has 236 valence electrons. The smallest absolute Gasteiger partial charge is 0.341 e. The van der Waals surface area contributed by atoms with Gasteiger partial charge in [-0.15, -0.1) is 21.5 Å². The van der Waals surface area contributed by atoms with Gasteiger partial charge in [0.15, 0.2) is 11.0 Å². The lowest BCUT2D eigenvalue weighted by Gasteiger charge is -2.14. The van der Waals surface area contributed by atoms with Gasteiger partial charge in [0.1, 0.15) is 22.2 Å². The number of thioether (sulfide) groups is 1. The Labute approximate surface area is 268 Å². The molecule has 2 aromatic carbocycles. The SMILES string of the molecule is CCOC(=O)c1c(NC(=O)CSc2nnc(CNC(=O)c3cc(OC)cc(OC)c3)n2-c2ccccc2OC)sc2c1CCC2. The molecule has 4 aromatic rings. The first-order valence-electron chi connectivity index (χ1n) is 14.2. The molecule has 0 saturated carbocycles. The highest BCUT2D eigenvalue weighted by Gasteiger charge is 2.28. The number of methoxy groups -OCH3 is 3. The minimum Gasteiger partial charge on any atom is -0.497 e. The Hall–Kier alpha value is -4.56. The summed E-state index contributed by atoms with van der Waals surface area (Å²) in [6.45, 7) is 2.04. The number of hydrogen-bond acceptors (Lipinski definition) is 11. The molecular weight excluding hydrogens is 619 g/mol. The number of carbonyl (C=O) groups is 3. The molecule has 0 unspecified atom stereocenters. The number of ether oxygens (including phenoxy) is 4. The second kappa shape index (κ2) is 14.5. The van der Waals surface area contributed by atoms with Crippen LogP contribution in [0.1, 0.15) is 50.3 Å². The number of nitrogens with zero attached hydrogens (tertiary/aromatic N) is 3.